The molecule has 2 atom stereocenters. The second kappa shape index (κ2) is 7.62. The summed E-state index contributed by atoms with van der Waals surface area (Å²) in [5, 5.41) is 11.3. The van der Waals surface area contributed by atoms with E-state index in [0.29, 0.717) is 12.0 Å². The van der Waals surface area contributed by atoms with Gasteiger partial charge >= 0.3 is 0 Å². The third-order valence-corrected chi connectivity index (χ3v) is 5.82. The van der Waals surface area contributed by atoms with Gasteiger partial charge in [0.2, 0.25) is 12.5 Å². The Morgan fingerprint density at radius 3 is 2.40 bits per heavy atom. The predicted molar refractivity (Wildman–Crippen MR) is 118 cm³/mol. The normalized spacial score (nSPS) is 14.0. The molecule has 6 N–H and O–H groups in total. The molecule has 1 aliphatic rings. The lowest BCUT2D eigenvalue weighted by Crippen LogP contribution is -2.20. The van der Waals surface area contributed by atoms with Crippen molar-refractivity contribution in [3.63, 3.8) is 0 Å². The molecule has 1 heterocycles. The molecule has 4 rings (SSSR count). The number of nitrogens with zero attached hydrogens (tertiary/aromatic N) is 3. The number of aromatic nitrogens is 2. The number of rotatable bonds is 6. The van der Waals surface area contributed by atoms with Crippen LogP contribution in [0.2, 0.25) is 0 Å². The summed E-state index contributed by atoms with van der Waals surface area (Å²) in [5.41, 5.74) is 24.3. The zero-order chi connectivity index (χ0) is 21.4. The van der Waals surface area contributed by atoms with Crippen LogP contribution < -0.4 is 17.2 Å². The van der Waals surface area contributed by atoms with E-state index in [1.807, 2.05) is 0 Å². The van der Waals surface area contributed by atoms with Crippen LogP contribution in [0.15, 0.2) is 42.5 Å². The van der Waals surface area contributed by atoms with Gasteiger partial charge in [0.05, 0.1) is 5.92 Å². The number of benzene rings is 2. The summed E-state index contributed by atoms with van der Waals surface area (Å²) in [6.07, 6.45) is 1.39. The van der Waals surface area contributed by atoms with Crippen LogP contribution in [0.3, 0.4) is 0 Å². The molecule has 3 aromatic rings. The molecule has 0 saturated carbocycles. The average Bonchev–Trinajstić information content (AvgIpc) is 3.04. The first-order valence-electron chi connectivity index (χ1n) is 9.84. The topological polar surface area (TPSA) is 147 Å². The van der Waals surface area contributed by atoms with Crippen molar-refractivity contribution in [2.75, 3.05) is 23.7 Å². The molecule has 0 radical (unpaired) electrons. The lowest BCUT2D eigenvalue weighted by molar-refractivity contribution is -0.483. The van der Waals surface area contributed by atoms with E-state index in [1.54, 1.807) is 0 Å². The fraction of sp³-hybridized carbons (Fsp3) is 0.273. The highest BCUT2D eigenvalue weighted by molar-refractivity contribution is 5.77. The van der Waals surface area contributed by atoms with E-state index in [4.69, 9.17) is 17.2 Å². The minimum Gasteiger partial charge on any atom is -0.383 e. The number of anilines is 3. The number of hydrogen-bond donors (Lipinski definition) is 3. The Bertz CT molecular complexity index is 1110. The maximum Gasteiger partial charge on any atom is 0.223 e. The summed E-state index contributed by atoms with van der Waals surface area (Å²) in [7, 11) is 0. The zero-order valence-corrected chi connectivity index (χ0v) is 16.7. The van der Waals surface area contributed by atoms with Crippen LogP contribution in [-0.4, -0.2) is 21.4 Å². The van der Waals surface area contributed by atoms with Crippen LogP contribution in [0.25, 0.3) is 11.1 Å². The molecule has 2 unspecified atom stereocenters. The van der Waals surface area contributed by atoms with E-state index in [1.165, 1.54) is 22.3 Å². The van der Waals surface area contributed by atoms with Crippen LogP contribution in [-0.2, 0) is 6.42 Å². The second-order valence-corrected chi connectivity index (χ2v) is 7.87. The summed E-state index contributed by atoms with van der Waals surface area (Å²) in [5.74, 6) is -0.298. The van der Waals surface area contributed by atoms with Crippen molar-refractivity contribution < 1.29 is 4.92 Å². The maximum atomic E-state index is 11.3. The summed E-state index contributed by atoms with van der Waals surface area (Å²) in [4.78, 5) is 18.9. The lowest BCUT2D eigenvalue weighted by atomic mass is 9.85. The van der Waals surface area contributed by atoms with Gasteiger partial charge in [-0.1, -0.05) is 49.4 Å². The zero-order valence-electron chi connectivity index (χ0n) is 16.7. The van der Waals surface area contributed by atoms with Gasteiger partial charge < -0.3 is 17.2 Å². The molecule has 8 nitrogen and oxygen atoms in total. The Hall–Kier alpha value is -3.68. The number of fused-ring (bicyclic) bond motifs is 3. The van der Waals surface area contributed by atoms with Gasteiger partial charge in [-0.05, 0) is 46.6 Å². The Morgan fingerprint density at radius 2 is 1.70 bits per heavy atom. The van der Waals surface area contributed by atoms with Gasteiger partial charge in [0.15, 0.2) is 0 Å². The number of nitrogens with two attached hydrogens (primary N) is 3. The SMILES string of the molecule is CC(CC(C[N+](=O)[O-])c1c(N)nc(N)nc1N)c1ccc2c(c1)Cc1ccccc1-2. The number of nitro groups is 1. The molecule has 1 aliphatic carbocycles. The van der Waals surface area contributed by atoms with E-state index >= 15 is 0 Å². The highest BCUT2D eigenvalue weighted by atomic mass is 16.6. The fourth-order valence-electron chi connectivity index (χ4n) is 4.44. The Kier molecular flexibility index (Phi) is 4.99. The van der Waals surface area contributed by atoms with E-state index < -0.39 is 5.92 Å². The number of nitrogen functional groups attached to an aromatic ring is 3. The van der Waals surface area contributed by atoms with Crippen molar-refractivity contribution in [3.8, 4) is 11.1 Å². The molecule has 30 heavy (non-hydrogen) atoms. The van der Waals surface area contributed by atoms with E-state index in [0.717, 1.165) is 12.0 Å². The van der Waals surface area contributed by atoms with Gasteiger partial charge in [0, 0.05) is 10.5 Å². The molecule has 0 amide bonds. The van der Waals surface area contributed by atoms with Crippen LogP contribution >= 0.6 is 0 Å². The molecular formula is C22H24N6O2. The van der Waals surface area contributed by atoms with Crippen molar-refractivity contribution >= 4 is 17.6 Å². The molecule has 0 saturated heterocycles. The largest absolute Gasteiger partial charge is 0.383 e. The van der Waals surface area contributed by atoms with Crippen LogP contribution in [0.5, 0.6) is 0 Å². The minimum absolute atomic E-state index is 0.0418. The average molecular weight is 404 g/mol. The monoisotopic (exact) mass is 404 g/mol. The third kappa shape index (κ3) is 3.63. The van der Waals surface area contributed by atoms with Gasteiger partial charge in [-0.3, -0.25) is 10.1 Å². The summed E-state index contributed by atoms with van der Waals surface area (Å²) < 4.78 is 0. The van der Waals surface area contributed by atoms with Crippen LogP contribution in [0.1, 0.15) is 47.4 Å². The summed E-state index contributed by atoms with van der Waals surface area (Å²) in [6.45, 7) is 1.75. The fourth-order valence-corrected chi connectivity index (χ4v) is 4.44. The molecule has 2 aromatic carbocycles. The third-order valence-electron chi connectivity index (χ3n) is 5.82. The van der Waals surface area contributed by atoms with Gasteiger partial charge in [-0.2, -0.15) is 9.97 Å². The smallest absolute Gasteiger partial charge is 0.223 e. The van der Waals surface area contributed by atoms with Gasteiger partial charge in [0.25, 0.3) is 0 Å². The lowest BCUT2D eigenvalue weighted by Gasteiger charge is -2.21. The molecule has 1 aromatic heterocycles. The van der Waals surface area contributed by atoms with Crippen molar-refractivity contribution in [2.45, 2.75) is 31.6 Å². The van der Waals surface area contributed by atoms with Crippen molar-refractivity contribution in [3.05, 3.63) is 74.8 Å². The van der Waals surface area contributed by atoms with Crippen molar-refractivity contribution in [1.29, 1.82) is 0 Å². The number of hydrogen-bond acceptors (Lipinski definition) is 7. The molecule has 154 valence electrons. The van der Waals surface area contributed by atoms with Gasteiger partial charge in [-0.15, -0.1) is 0 Å². The molecule has 0 fully saturated rings. The quantitative estimate of drug-likeness (QED) is 0.330. The highest BCUT2D eigenvalue weighted by Crippen LogP contribution is 2.40. The molecule has 0 spiro atoms. The highest BCUT2D eigenvalue weighted by Gasteiger charge is 2.28. The Labute approximate surface area is 174 Å². The first kappa shape index (κ1) is 19.6. The Balaban J connectivity index is 1.62. The summed E-state index contributed by atoms with van der Waals surface area (Å²) >= 11 is 0. The molecular weight excluding hydrogens is 380 g/mol. The molecule has 0 aliphatic heterocycles. The first-order valence-corrected chi connectivity index (χ1v) is 9.84. The van der Waals surface area contributed by atoms with Crippen molar-refractivity contribution in [2.24, 2.45) is 0 Å². The minimum atomic E-state index is -0.513. The Morgan fingerprint density at radius 1 is 1.03 bits per heavy atom. The van der Waals surface area contributed by atoms with E-state index in [2.05, 4.69) is 59.4 Å². The van der Waals surface area contributed by atoms with Gasteiger partial charge in [-0.25, -0.2) is 0 Å². The maximum absolute atomic E-state index is 11.3. The van der Waals surface area contributed by atoms with E-state index in [-0.39, 0.29) is 35.0 Å². The van der Waals surface area contributed by atoms with Crippen molar-refractivity contribution in [1.82, 2.24) is 9.97 Å². The van der Waals surface area contributed by atoms with Gasteiger partial charge in [0.1, 0.15) is 11.6 Å². The van der Waals surface area contributed by atoms with E-state index in [9.17, 15) is 10.1 Å². The second-order valence-electron chi connectivity index (χ2n) is 7.87. The molecule has 0 bridgehead atoms. The van der Waals surface area contributed by atoms with Crippen LogP contribution in [0.4, 0.5) is 17.6 Å². The predicted octanol–water partition coefficient (Wildman–Crippen LogP) is 3.35. The summed E-state index contributed by atoms with van der Waals surface area (Å²) in [6, 6.07) is 14.8. The first-order chi connectivity index (χ1) is 14.3. The van der Waals surface area contributed by atoms with Crippen LogP contribution in [0, 0.1) is 10.1 Å². The standard InChI is InChI=1S/C22H24N6O2/c1-12(8-16(11-28(29)30)19-20(23)26-22(25)27-21(19)24)13-6-7-18-15(9-13)10-14-4-2-3-5-17(14)18/h2-7,9,12,16H,8,10-11H2,1H3,(H6,23,24,25,26,27). The molecule has 8 heteroatoms.